The number of aromatic nitrogens is 2. The van der Waals surface area contributed by atoms with Gasteiger partial charge in [0.15, 0.2) is 17.3 Å². The fraction of sp³-hybridized carbons (Fsp3) is 0.524. The van der Waals surface area contributed by atoms with Crippen LogP contribution in [-0.2, 0) is 11.8 Å². The first-order valence-corrected chi connectivity index (χ1v) is 10.3. The highest BCUT2D eigenvalue weighted by Crippen LogP contribution is 2.36. The fourth-order valence-corrected chi connectivity index (χ4v) is 4.24. The van der Waals surface area contributed by atoms with Crippen molar-refractivity contribution in [3.05, 3.63) is 30.0 Å². The second kappa shape index (κ2) is 7.26. The van der Waals surface area contributed by atoms with Crippen molar-refractivity contribution >= 4 is 17.4 Å². The molecule has 1 amide bonds. The molecule has 0 aliphatic carbocycles. The van der Waals surface area contributed by atoms with E-state index in [0.29, 0.717) is 13.0 Å². The molecule has 5 rings (SSSR count). The first kappa shape index (κ1) is 18.3. The Morgan fingerprint density at radius 1 is 1.10 bits per heavy atom. The van der Waals surface area contributed by atoms with E-state index in [9.17, 15) is 4.79 Å². The summed E-state index contributed by atoms with van der Waals surface area (Å²) in [6.07, 6.45) is 0.677. The molecule has 8 heteroatoms. The van der Waals surface area contributed by atoms with Gasteiger partial charge in [-0.1, -0.05) is 12.1 Å². The van der Waals surface area contributed by atoms with E-state index in [1.807, 2.05) is 47.8 Å². The number of rotatable bonds is 4. The molecule has 1 unspecified atom stereocenters. The lowest BCUT2D eigenvalue weighted by molar-refractivity contribution is -0.122. The highest BCUT2D eigenvalue weighted by molar-refractivity contribution is 6.02. The maximum Gasteiger partial charge on any atom is 0.228 e. The second-order valence-corrected chi connectivity index (χ2v) is 7.96. The number of fused-ring (bicyclic) bond motifs is 1. The number of ether oxygens (including phenoxy) is 2. The van der Waals surface area contributed by atoms with Crippen LogP contribution in [0.25, 0.3) is 0 Å². The molecule has 3 aliphatic rings. The van der Waals surface area contributed by atoms with Gasteiger partial charge in [-0.2, -0.15) is 5.10 Å². The summed E-state index contributed by atoms with van der Waals surface area (Å²) in [6, 6.07) is 7.84. The van der Waals surface area contributed by atoms with Crippen LogP contribution in [0, 0.1) is 6.92 Å². The molecule has 0 spiro atoms. The van der Waals surface area contributed by atoms with Crippen LogP contribution < -0.4 is 19.3 Å². The molecule has 29 heavy (non-hydrogen) atoms. The van der Waals surface area contributed by atoms with E-state index in [2.05, 4.69) is 9.80 Å². The topological polar surface area (TPSA) is 63.1 Å². The maximum atomic E-state index is 12.0. The number of para-hydroxylation sites is 2. The Labute approximate surface area is 170 Å². The Morgan fingerprint density at radius 3 is 2.55 bits per heavy atom. The quantitative estimate of drug-likeness (QED) is 0.728. The van der Waals surface area contributed by atoms with Gasteiger partial charge in [-0.25, -0.2) is 0 Å². The molecule has 8 nitrogen and oxygen atoms in total. The largest absolute Gasteiger partial charge is 0.486 e. The zero-order valence-electron chi connectivity index (χ0n) is 17.0. The summed E-state index contributed by atoms with van der Waals surface area (Å²) in [5.74, 6) is 2.78. The summed E-state index contributed by atoms with van der Waals surface area (Å²) in [6.45, 7) is 7.89. The van der Waals surface area contributed by atoms with Gasteiger partial charge in [-0.05, 0) is 19.1 Å². The van der Waals surface area contributed by atoms with Crippen molar-refractivity contribution in [1.29, 1.82) is 0 Å². The van der Waals surface area contributed by atoms with Crippen LogP contribution >= 0.6 is 0 Å². The number of carbonyl (C=O) groups is 1. The zero-order chi connectivity index (χ0) is 20.0. The molecule has 0 bridgehead atoms. The molecular weight excluding hydrogens is 370 g/mol. The average molecular weight is 397 g/mol. The first-order valence-electron chi connectivity index (χ1n) is 10.3. The molecular formula is C21H27N5O3. The summed E-state index contributed by atoms with van der Waals surface area (Å²) in [4.78, 5) is 18.6. The van der Waals surface area contributed by atoms with Crippen molar-refractivity contribution in [3.8, 4) is 11.5 Å². The molecule has 0 saturated carbocycles. The standard InChI is InChI=1S/C21H27N5O3/c1-15-20(26-8-7-19(26)27)21(22-23(15)2)25-11-9-24(10-12-25)13-16-14-28-17-5-3-4-6-18(17)29-16/h3-6,16H,7-14H2,1-2H3. The smallest absolute Gasteiger partial charge is 0.228 e. The molecule has 2 aromatic rings. The lowest BCUT2D eigenvalue weighted by Gasteiger charge is -2.39. The number of β-lactam (4-membered cyclic amide) rings is 1. The molecule has 1 aromatic heterocycles. The Hall–Kier alpha value is -2.74. The summed E-state index contributed by atoms with van der Waals surface area (Å²) in [5.41, 5.74) is 2.03. The van der Waals surface area contributed by atoms with Gasteiger partial charge in [0.1, 0.15) is 18.4 Å². The summed E-state index contributed by atoms with van der Waals surface area (Å²) >= 11 is 0. The van der Waals surface area contributed by atoms with Crippen LogP contribution in [0.4, 0.5) is 11.5 Å². The van der Waals surface area contributed by atoms with E-state index in [1.165, 1.54) is 0 Å². The van der Waals surface area contributed by atoms with Crippen molar-refractivity contribution in [2.75, 3.05) is 55.7 Å². The Morgan fingerprint density at radius 2 is 1.86 bits per heavy atom. The minimum atomic E-state index is 0.0443. The van der Waals surface area contributed by atoms with Gasteiger partial charge in [0.05, 0.1) is 5.69 Å². The molecule has 3 aliphatic heterocycles. The van der Waals surface area contributed by atoms with Crippen molar-refractivity contribution < 1.29 is 14.3 Å². The monoisotopic (exact) mass is 397 g/mol. The fourth-order valence-electron chi connectivity index (χ4n) is 4.24. The number of carbonyl (C=O) groups excluding carboxylic acids is 1. The number of benzene rings is 1. The highest BCUT2D eigenvalue weighted by Gasteiger charge is 2.34. The van der Waals surface area contributed by atoms with E-state index < -0.39 is 0 Å². The van der Waals surface area contributed by atoms with Crippen LogP contribution in [0.1, 0.15) is 12.1 Å². The zero-order valence-corrected chi connectivity index (χ0v) is 17.0. The number of piperazine rings is 1. The molecule has 1 aromatic carbocycles. The van der Waals surface area contributed by atoms with Crippen molar-refractivity contribution in [2.45, 2.75) is 19.4 Å². The van der Waals surface area contributed by atoms with Crippen LogP contribution in [0.15, 0.2) is 24.3 Å². The van der Waals surface area contributed by atoms with Crippen LogP contribution in [0.5, 0.6) is 11.5 Å². The second-order valence-electron chi connectivity index (χ2n) is 7.96. The van der Waals surface area contributed by atoms with E-state index in [-0.39, 0.29) is 12.0 Å². The predicted octanol–water partition coefficient (Wildman–Crippen LogP) is 1.43. The molecule has 2 fully saturated rings. The normalized spacial score (nSPS) is 22.0. The van der Waals surface area contributed by atoms with Crippen molar-refractivity contribution in [2.24, 2.45) is 7.05 Å². The van der Waals surface area contributed by atoms with E-state index in [0.717, 1.165) is 68.0 Å². The Kier molecular flexibility index (Phi) is 4.58. The van der Waals surface area contributed by atoms with E-state index in [4.69, 9.17) is 14.6 Å². The SMILES string of the molecule is Cc1c(N2CCC2=O)c(N2CCN(CC3COc4ccccc4O3)CC2)nn1C. The van der Waals surface area contributed by atoms with Crippen molar-refractivity contribution in [3.63, 3.8) is 0 Å². The van der Waals surface area contributed by atoms with Gasteiger partial charge in [-0.3, -0.25) is 14.4 Å². The number of aryl methyl sites for hydroxylation is 1. The third-order valence-electron chi connectivity index (χ3n) is 6.11. The molecule has 0 radical (unpaired) electrons. The lowest BCUT2D eigenvalue weighted by Crippen LogP contribution is -2.51. The van der Waals surface area contributed by atoms with Crippen LogP contribution in [0.3, 0.4) is 0 Å². The Bertz CT molecular complexity index is 919. The maximum absolute atomic E-state index is 12.0. The van der Waals surface area contributed by atoms with Gasteiger partial charge < -0.3 is 19.3 Å². The number of amides is 1. The lowest BCUT2D eigenvalue weighted by atomic mass is 10.1. The number of hydrogen-bond acceptors (Lipinski definition) is 6. The number of nitrogens with zero attached hydrogens (tertiary/aromatic N) is 5. The van der Waals surface area contributed by atoms with Crippen LogP contribution in [0.2, 0.25) is 0 Å². The average Bonchev–Trinajstić information content (AvgIpc) is 3.02. The van der Waals surface area contributed by atoms with E-state index in [1.54, 1.807) is 0 Å². The van der Waals surface area contributed by atoms with Gasteiger partial charge in [0.2, 0.25) is 5.91 Å². The first-order chi connectivity index (χ1) is 14.1. The molecule has 0 N–H and O–H groups in total. The van der Waals surface area contributed by atoms with Crippen LogP contribution in [-0.4, -0.2) is 72.6 Å². The highest BCUT2D eigenvalue weighted by atomic mass is 16.6. The summed E-state index contributed by atoms with van der Waals surface area (Å²) < 4.78 is 13.8. The summed E-state index contributed by atoms with van der Waals surface area (Å²) in [5, 5.41) is 4.72. The summed E-state index contributed by atoms with van der Waals surface area (Å²) in [7, 11) is 1.95. The number of anilines is 2. The minimum Gasteiger partial charge on any atom is -0.486 e. The Balaban J connectivity index is 1.22. The molecule has 2 saturated heterocycles. The third kappa shape index (κ3) is 3.31. The third-order valence-corrected chi connectivity index (χ3v) is 6.11. The molecule has 1 atom stereocenters. The number of hydrogen-bond donors (Lipinski definition) is 0. The van der Waals surface area contributed by atoms with Gasteiger partial charge >= 0.3 is 0 Å². The molecule has 154 valence electrons. The minimum absolute atomic E-state index is 0.0443. The van der Waals surface area contributed by atoms with Crippen molar-refractivity contribution in [1.82, 2.24) is 14.7 Å². The van der Waals surface area contributed by atoms with Gasteiger partial charge in [0.25, 0.3) is 0 Å². The van der Waals surface area contributed by atoms with E-state index >= 15 is 0 Å². The van der Waals surface area contributed by atoms with Gasteiger partial charge in [0, 0.05) is 52.7 Å². The van der Waals surface area contributed by atoms with Gasteiger partial charge in [-0.15, -0.1) is 0 Å². The predicted molar refractivity (Wildman–Crippen MR) is 110 cm³/mol. The molecule has 4 heterocycles.